The molecule has 146 valence electrons. The minimum atomic E-state index is -0.341. The third-order valence-electron chi connectivity index (χ3n) is 3.95. The number of nitrogens with one attached hydrogen (secondary N) is 3. The Labute approximate surface area is 179 Å². The number of carbonyl (C=O) groups excluding carboxylic acids is 2. The van der Waals surface area contributed by atoms with E-state index in [0.717, 1.165) is 5.56 Å². The van der Waals surface area contributed by atoms with Crippen LogP contribution >= 0.6 is 23.8 Å². The molecule has 3 rings (SSSR count). The number of rotatable bonds is 5. The third kappa shape index (κ3) is 6.41. The van der Waals surface area contributed by atoms with Gasteiger partial charge in [-0.05, 0) is 60.2 Å². The van der Waals surface area contributed by atoms with Gasteiger partial charge in [0.05, 0.1) is 6.42 Å². The van der Waals surface area contributed by atoms with E-state index in [-0.39, 0.29) is 23.3 Å². The van der Waals surface area contributed by atoms with Crippen molar-refractivity contribution in [3.05, 3.63) is 95.0 Å². The number of amides is 2. The monoisotopic (exact) mass is 423 g/mol. The molecular weight excluding hydrogens is 406 g/mol. The van der Waals surface area contributed by atoms with Crippen LogP contribution in [0.1, 0.15) is 15.9 Å². The second-order valence-electron chi connectivity index (χ2n) is 6.21. The molecule has 2 amide bonds. The molecule has 3 aromatic carbocycles. The molecule has 5 nitrogen and oxygen atoms in total. The van der Waals surface area contributed by atoms with Crippen LogP contribution in [0.5, 0.6) is 0 Å². The van der Waals surface area contributed by atoms with Crippen molar-refractivity contribution in [1.82, 2.24) is 5.32 Å². The molecule has 0 saturated carbocycles. The largest absolute Gasteiger partial charge is 0.332 e. The van der Waals surface area contributed by atoms with Crippen LogP contribution in [0.25, 0.3) is 0 Å². The van der Waals surface area contributed by atoms with Gasteiger partial charge in [0.25, 0.3) is 5.91 Å². The zero-order chi connectivity index (χ0) is 20.6. The van der Waals surface area contributed by atoms with E-state index in [2.05, 4.69) is 16.0 Å². The van der Waals surface area contributed by atoms with Gasteiger partial charge in [0.2, 0.25) is 5.91 Å². The van der Waals surface area contributed by atoms with E-state index in [4.69, 9.17) is 23.8 Å². The zero-order valence-corrected chi connectivity index (χ0v) is 16.9. The molecule has 29 heavy (non-hydrogen) atoms. The van der Waals surface area contributed by atoms with E-state index in [1.54, 1.807) is 48.5 Å². The van der Waals surface area contributed by atoms with Gasteiger partial charge in [0, 0.05) is 22.0 Å². The van der Waals surface area contributed by atoms with Crippen LogP contribution in [0.15, 0.2) is 78.9 Å². The van der Waals surface area contributed by atoms with Gasteiger partial charge in [0.15, 0.2) is 5.11 Å². The van der Waals surface area contributed by atoms with Gasteiger partial charge in [0.1, 0.15) is 0 Å². The molecule has 0 fully saturated rings. The summed E-state index contributed by atoms with van der Waals surface area (Å²) >= 11 is 11.0. The molecule has 0 radical (unpaired) electrons. The number of halogens is 1. The van der Waals surface area contributed by atoms with Crippen molar-refractivity contribution in [2.75, 3.05) is 10.6 Å². The second kappa shape index (κ2) is 9.82. The molecule has 0 saturated heterocycles. The van der Waals surface area contributed by atoms with Crippen LogP contribution in [0.2, 0.25) is 5.02 Å². The molecule has 3 N–H and O–H groups in total. The maximum Gasteiger partial charge on any atom is 0.257 e. The Bertz CT molecular complexity index is 1020. The molecule has 0 heterocycles. The summed E-state index contributed by atoms with van der Waals surface area (Å²) in [5.41, 5.74) is 2.65. The van der Waals surface area contributed by atoms with Crippen molar-refractivity contribution in [1.29, 1.82) is 0 Å². The van der Waals surface area contributed by atoms with Crippen molar-refractivity contribution in [3.8, 4) is 0 Å². The Kier molecular flexibility index (Phi) is 6.94. The smallest absolute Gasteiger partial charge is 0.257 e. The topological polar surface area (TPSA) is 70.2 Å². The molecule has 0 aromatic heterocycles. The highest BCUT2D eigenvalue weighted by Gasteiger charge is 2.09. The predicted molar refractivity (Wildman–Crippen MR) is 120 cm³/mol. The van der Waals surface area contributed by atoms with E-state index < -0.39 is 0 Å². The zero-order valence-electron chi connectivity index (χ0n) is 15.3. The highest BCUT2D eigenvalue weighted by atomic mass is 35.5. The summed E-state index contributed by atoms with van der Waals surface area (Å²) in [7, 11) is 0. The van der Waals surface area contributed by atoms with Crippen LogP contribution in [0, 0.1) is 0 Å². The number of thiocarbonyl (C=S) groups is 1. The Hall–Kier alpha value is -3.22. The Morgan fingerprint density at radius 1 is 0.828 bits per heavy atom. The molecule has 7 heteroatoms. The first-order valence-electron chi connectivity index (χ1n) is 8.81. The van der Waals surface area contributed by atoms with Crippen molar-refractivity contribution < 1.29 is 9.59 Å². The van der Waals surface area contributed by atoms with Gasteiger partial charge >= 0.3 is 0 Å². The molecule has 0 aliphatic rings. The normalized spacial score (nSPS) is 10.1. The fraction of sp³-hybridized carbons (Fsp3) is 0.0455. The Morgan fingerprint density at radius 3 is 2.17 bits per heavy atom. The van der Waals surface area contributed by atoms with Gasteiger partial charge in [-0.15, -0.1) is 0 Å². The van der Waals surface area contributed by atoms with Crippen LogP contribution in [-0.4, -0.2) is 16.9 Å². The fourth-order valence-electron chi connectivity index (χ4n) is 2.60. The molecule has 0 bridgehead atoms. The minimum absolute atomic E-state index is 0.119. The SMILES string of the molecule is O=C(Cc1ccccc1)Nc1cccc(NC(=S)NC(=O)c2ccc(Cl)cc2)c1. The van der Waals surface area contributed by atoms with Crippen LogP contribution in [-0.2, 0) is 11.2 Å². The van der Waals surface area contributed by atoms with Gasteiger partial charge in [-0.25, -0.2) is 0 Å². The van der Waals surface area contributed by atoms with E-state index >= 15 is 0 Å². The number of anilines is 2. The summed E-state index contributed by atoms with van der Waals surface area (Å²) < 4.78 is 0. The average molecular weight is 424 g/mol. The maximum atomic E-state index is 12.2. The number of carbonyl (C=O) groups is 2. The number of hydrogen-bond acceptors (Lipinski definition) is 3. The average Bonchev–Trinajstić information content (AvgIpc) is 2.69. The van der Waals surface area contributed by atoms with Gasteiger partial charge < -0.3 is 10.6 Å². The number of hydrogen-bond donors (Lipinski definition) is 3. The van der Waals surface area contributed by atoms with Gasteiger partial charge in [-0.1, -0.05) is 48.0 Å². The molecule has 0 spiro atoms. The van der Waals surface area contributed by atoms with Crippen LogP contribution in [0.4, 0.5) is 11.4 Å². The molecule has 0 atom stereocenters. The van der Waals surface area contributed by atoms with Crippen LogP contribution < -0.4 is 16.0 Å². The highest BCUT2D eigenvalue weighted by molar-refractivity contribution is 7.80. The van der Waals surface area contributed by atoms with Crippen molar-refractivity contribution in [3.63, 3.8) is 0 Å². The third-order valence-corrected chi connectivity index (χ3v) is 4.40. The summed E-state index contributed by atoms with van der Waals surface area (Å²) in [6.07, 6.45) is 0.286. The molecular formula is C22H18ClN3O2S. The molecule has 3 aromatic rings. The van der Waals surface area contributed by atoms with Crippen molar-refractivity contribution >= 4 is 52.1 Å². The Morgan fingerprint density at radius 2 is 1.48 bits per heavy atom. The lowest BCUT2D eigenvalue weighted by Gasteiger charge is -2.11. The fourth-order valence-corrected chi connectivity index (χ4v) is 2.94. The summed E-state index contributed by atoms with van der Waals surface area (Å²) in [4.78, 5) is 24.4. The lowest BCUT2D eigenvalue weighted by atomic mass is 10.1. The molecule has 0 aliphatic heterocycles. The second-order valence-corrected chi connectivity index (χ2v) is 7.05. The van der Waals surface area contributed by atoms with Crippen molar-refractivity contribution in [2.45, 2.75) is 6.42 Å². The lowest BCUT2D eigenvalue weighted by Crippen LogP contribution is -2.34. The maximum absolute atomic E-state index is 12.2. The minimum Gasteiger partial charge on any atom is -0.332 e. The highest BCUT2D eigenvalue weighted by Crippen LogP contribution is 2.16. The Balaban J connectivity index is 1.56. The summed E-state index contributed by atoms with van der Waals surface area (Å²) in [6, 6.07) is 23.1. The first-order chi connectivity index (χ1) is 14.0. The predicted octanol–water partition coefficient (Wildman–Crippen LogP) is 4.65. The van der Waals surface area contributed by atoms with E-state index in [1.165, 1.54) is 0 Å². The standard InChI is InChI=1S/C22H18ClN3O2S/c23-17-11-9-16(10-12-17)21(28)26-22(29)25-19-8-4-7-18(14-19)24-20(27)13-15-5-2-1-3-6-15/h1-12,14H,13H2,(H,24,27)(H2,25,26,28,29). The lowest BCUT2D eigenvalue weighted by molar-refractivity contribution is -0.115. The quantitative estimate of drug-likeness (QED) is 0.522. The first-order valence-corrected chi connectivity index (χ1v) is 9.60. The summed E-state index contributed by atoms with van der Waals surface area (Å²) in [5, 5.41) is 9.10. The first kappa shape index (κ1) is 20.5. The van der Waals surface area contributed by atoms with Crippen molar-refractivity contribution in [2.24, 2.45) is 0 Å². The molecule has 0 unspecified atom stereocenters. The summed E-state index contributed by atoms with van der Waals surface area (Å²) in [5.74, 6) is -0.460. The van der Waals surface area contributed by atoms with E-state index in [9.17, 15) is 9.59 Å². The van der Waals surface area contributed by atoms with E-state index in [1.807, 2.05) is 30.3 Å². The van der Waals surface area contributed by atoms with Gasteiger partial charge in [-0.2, -0.15) is 0 Å². The van der Waals surface area contributed by atoms with Gasteiger partial charge in [-0.3, -0.25) is 14.9 Å². The molecule has 0 aliphatic carbocycles. The number of benzene rings is 3. The van der Waals surface area contributed by atoms with E-state index in [0.29, 0.717) is 22.0 Å². The van der Waals surface area contributed by atoms with Crippen LogP contribution in [0.3, 0.4) is 0 Å². The summed E-state index contributed by atoms with van der Waals surface area (Å²) in [6.45, 7) is 0.